The molecule has 1 spiro atoms. The van der Waals surface area contributed by atoms with Crippen LogP contribution in [0.5, 0.6) is 0 Å². The molecular weight excluding hydrogens is 486 g/mol. The van der Waals surface area contributed by atoms with Crippen molar-refractivity contribution in [3.63, 3.8) is 0 Å². The monoisotopic (exact) mass is 527 g/mol. The molecule has 2 heterocycles. The molecule has 1 N–H and O–H groups in total. The van der Waals surface area contributed by atoms with E-state index in [0.29, 0.717) is 30.5 Å². The Balaban J connectivity index is 1.50. The zero-order chi connectivity index (χ0) is 26.6. The van der Waals surface area contributed by atoms with Crippen LogP contribution in [0.4, 0.5) is 5.69 Å². The van der Waals surface area contributed by atoms with Crippen molar-refractivity contribution in [2.75, 3.05) is 38.1 Å². The second-order valence-electron chi connectivity index (χ2n) is 11.0. The maximum absolute atomic E-state index is 13.8. The van der Waals surface area contributed by atoms with Crippen molar-refractivity contribution < 1.29 is 17.9 Å². The van der Waals surface area contributed by atoms with E-state index in [-0.39, 0.29) is 18.5 Å². The molecule has 2 saturated heterocycles. The van der Waals surface area contributed by atoms with Crippen LogP contribution in [-0.4, -0.2) is 68.0 Å². The lowest BCUT2D eigenvalue weighted by Crippen LogP contribution is -2.64. The van der Waals surface area contributed by atoms with Gasteiger partial charge in [-0.3, -0.25) is 9.69 Å². The van der Waals surface area contributed by atoms with Gasteiger partial charge in [-0.1, -0.05) is 56.7 Å². The zero-order valence-electron chi connectivity index (χ0n) is 22.6. The van der Waals surface area contributed by atoms with E-state index in [1.54, 1.807) is 16.4 Å². The second kappa shape index (κ2) is 11.6. The fraction of sp³-hybridized carbons (Fsp3) is 0.552. The average molecular weight is 528 g/mol. The third-order valence-corrected chi connectivity index (χ3v) is 9.37. The third kappa shape index (κ3) is 6.60. The molecule has 2 aliphatic rings. The molecule has 0 saturated carbocycles. The lowest BCUT2D eigenvalue weighted by atomic mass is 9.89. The minimum Gasteiger partial charge on any atom is -0.371 e. The van der Waals surface area contributed by atoms with Gasteiger partial charge in [0.1, 0.15) is 0 Å². The standard InChI is InChI=1S/C29H41N3O4S/c1-5-24-9-6-7-10-27(24)30-28(33)18-31-16-8-15-29(20-31)21-32(25(19-36-29)17-22(2)3)37(34,35)26-13-11-23(4)12-14-26/h6-7,9-14,22,25H,5,8,15-21H2,1-4H3,(H,30,33)/t25-,29?/m0/s1. The Bertz CT molecular complexity index is 1180. The van der Waals surface area contributed by atoms with Gasteiger partial charge in [0.05, 0.1) is 23.6 Å². The van der Waals surface area contributed by atoms with Crippen molar-refractivity contribution in [3.05, 3.63) is 59.7 Å². The molecule has 0 aromatic heterocycles. The molecule has 1 amide bonds. The Kier molecular flexibility index (Phi) is 8.74. The molecule has 7 nitrogen and oxygen atoms in total. The van der Waals surface area contributed by atoms with Crippen LogP contribution in [0.15, 0.2) is 53.4 Å². The normalized spacial score (nSPS) is 23.4. The fourth-order valence-corrected chi connectivity index (χ4v) is 7.28. The fourth-order valence-electron chi connectivity index (χ4n) is 5.59. The number of carbonyl (C=O) groups is 1. The number of anilines is 1. The number of carbonyl (C=O) groups excluding carboxylic acids is 1. The Morgan fingerprint density at radius 3 is 2.57 bits per heavy atom. The van der Waals surface area contributed by atoms with Gasteiger partial charge >= 0.3 is 0 Å². The summed E-state index contributed by atoms with van der Waals surface area (Å²) >= 11 is 0. The molecule has 4 rings (SSSR count). The zero-order valence-corrected chi connectivity index (χ0v) is 23.4. The topological polar surface area (TPSA) is 79.0 Å². The van der Waals surface area contributed by atoms with Crippen molar-refractivity contribution in [1.82, 2.24) is 9.21 Å². The average Bonchev–Trinajstić information content (AvgIpc) is 2.85. The lowest BCUT2D eigenvalue weighted by Gasteiger charge is -2.50. The largest absolute Gasteiger partial charge is 0.371 e. The van der Waals surface area contributed by atoms with E-state index >= 15 is 0 Å². The SMILES string of the molecule is CCc1ccccc1NC(=O)CN1CCCC2(C1)CN(S(=O)(=O)c1ccc(C)cc1)[C@@H](CC(C)C)CO2. The number of rotatable bonds is 8. The molecule has 0 radical (unpaired) electrons. The van der Waals surface area contributed by atoms with Crippen LogP contribution in [-0.2, 0) is 26.0 Å². The predicted octanol–water partition coefficient (Wildman–Crippen LogP) is 4.47. The lowest BCUT2D eigenvalue weighted by molar-refractivity contribution is -0.146. The van der Waals surface area contributed by atoms with Gasteiger partial charge in [-0.05, 0) is 68.8 Å². The maximum Gasteiger partial charge on any atom is 0.243 e. The minimum absolute atomic E-state index is 0.0597. The summed E-state index contributed by atoms with van der Waals surface area (Å²) in [6.07, 6.45) is 3.22. The Morgan fingerprint density at radius 1 is 1.14 bits per heavy atom. The number of morpholine rings is 1. The number of hydrogen-bond donors (Lipinski definition) is 1. The molecule has 8 heteroatoms. The van der Waals surface area contributed by atoms with Crippen LogP contribution in [0.3, 0.4) is 0 Å². The van der Waals surface area contributed by atoms with Crippen LogP contribution >= 0.6 is 0 Å². The number of amides is 1. The highest BCUT2D eigenvalue weighted by Crippen LogP contribution is 2.35. The summed E-state index contributed by atoms with van der Waals surface area (Å²) in [6, 6.07) is 14.7. The number of hydrogen-bond acceptors (Lipinski definition) is 5. The highest BCUT2D eigenvalue weighted by atomic mass is 32.2. The summed E-state index contributed by atoms with van der Waals surface area (Å²) in [6.45, 7) is 10.5. The number of ether oxygens (including phenoxy) is 1. The molecule has 2 aromatic rings. The quantitative estimate of drug-likeness (QED) is 0.548. The van der Waals surface area contributed by atoms with Crippen LogP contribution in [0.1, 0.15) is 51.2 Å². The molecule has 37 heavy (non-hydrogen) atoms. The first kappa shape index (κ1) is 27.8. The van der Waals surface area contributed by atoms with Crippen molar-refractivity contribution in [2.45, 2.75) is 69.9 Å². The number of nitrogens with zero attached hydrogens (tertiary/aromatic N) is 2. The predicted molar refractivity (Wildman–Crippen MR) is 147 cm³/mol. The number of piperidine rings is 1. The van der Waals surface area contributed by atoms with Crippen molar-refractivity contribution in [1.29, 1.82) is 0 Å². The van der Waals surface area contributed by atoms with Crippen LogP contribution in [0.25, 0.3) is 0 Å². The first-order valence-corrected chi connectivity index (χ1v) is 14.9. The number of benzene rings is 2. The molecular formula is C29H41N3O4S. The molecule has 1 unspecified atom stereocenters. The van der Waals surface area contributed by atoms with Gasteiger partial charge in [-0.15, -0.1) is 0 Å². The van der Waals surface area contributed by atoms with Crippen LogP contribution in [0.2, 0.25) is 0 Å². The van der Waals surface area contributed by atoms with Crippen molar-refractivity contribution in [3.8, 4) is 0 Å². The van der Waals surface area contributed by atoms with Crippen LogP contribution < -0.4 is 5.32 Å². The van der Waals surface area contributed by atoms with Gasteiger partial charge in [0.15, 0.2) is 0 Å². The summed E-state index contributed by atoms with van der Waals surface area (Å²) in [7, 11) is -3.68. The number of aryl methyl sites for hydroxylation is 2. The van der Waals surface area contributed by atoms with Gasteiger partial charge in [0.2, 0.25) is 15.9 Å². The maximum atomic E-state index is 13.8. The molecule has 2 atom stereocenters. The molecule has 202 valence electrons. The Morgan fingerprint density at radius 2 is 1.86 bits per heavy atom. The van der Waals surface area contributed by atoms with Gasteiger partial charge in [-0.2, -0.15) is 4.31 Å². The first-order valence-electron chi connectivity index (χ1n) is 13.4. The van der Waals surface area contributed by atoms with Crippen molar-refractivity contribution in [2.24, 2.45) is 5.92 Å². The number of nitrogens with one attached hydrogen (secondary N) is 1. The van der Waals surface area contributed by atoms with Crippen molar-refractivity contribution >= 4 is 21.6 Å². The van der Waals surface area contributed by atoms with E-state index in [9.17, 15) is 13.2 Å². The highest BCUT2D eigenvalue weighted by Gasteiger charge is 2.47. The van der Waals surface area contributed by atoms with Gasteiger partial charge in [0.25, 0.3) is 0 Å². The van der Waals surface area contributed by atoms with E-state index in [0.717, 1.165) is 49.0 Å². The summed E-state index contributed by atoms with van der Waals surface area (Å²) in [5.41, 5.74) is 2.36. The van der Waals surface area contributed by atoms with Gasteiger partial charge in [0, 0.05) is 24.8 Å². The van der Waals surface area contributed by atoms with Gasteiger partial charge in [-0.25, -0.2) is 8.42 Å². The summed E-state index contributed by atoms with van der Waals surface area (Å²) < 4.78 is 35.8. The number of likely N-dealkylation sites (tertiary alicyclic amines) is 1. The molecule has 0 aliphatic carbocycles. The smallest absolute Gasteiger partial charge is 0.243 e. The summed E-state index contributed by atoms with van der Waals surface area (Å²) in [5, 5.41) is 3.06. The Labute approximate surface area is 222 Å². The third-order valence-electron chi connectivity index (χ3n) is 7.46. The van der Waals surface area contributed by atoms with E-state index in [2.05, 4.69) is 31.0 Å². The highest BCUT2D eigenvalue weighted by molar-refractivity contribution is 7.89. The van der Waals surface area contributed by atoms with E-state index in [4.69, 9.17) is 4.74 Å². The molecule has 2 aliphatic heterocycles. The minimum atomic E-state index is -3.68. The molecule has 2 aromatic carbocycles. The number of para-hydroxylation sites is 1. The van der Waals surface area contributed by atoms with E-state index < -0.39 is 15.6 Å². The van der Waals surface area contributed by atoms with E-state index in [1.165, 1.54) is 0 Å². The van der Waals surface area contributed by atoms with E-state index in [1.807, 2.05) is 43.3 Å². The summed E-state index contributed by atoms with van der Waals surface area (Å²) in [4.78, 5) is 15.4. The molecule has 0 bridgehead atoms. The van der Waals surface area contributed by atoms with Crippen LogP contribution in [0, 0.1) is 12.8 Å². The van der Waals surface area contributed by atoms with Gasteiger partial charge < -0.3 is 10.1 Å². The summed E-state index contributed by atoms with van der Waals surface area (Å²) in [5.74, 6) is 0.284. The second-order valence-corrected chi connectivity index (χ2v) is 12.9. The first-order chi connectivity index (χ1) is 17.6. The number of sulfonamides is 1. The molecule has 2 fully saturated rings. The Hall–Kier alpha value is -2.26.